The standard InChI is InChI=1S/C30H40Si/c1-5-31(6-2,7-3)24-16-18-25-23(20-24)15-17-26-28-14-11-19-30(28,4)21-27(29(25)26)22-12-9-8-10-13-22/h8-13,16,18-20,26-29H,5-7,14-15,17,21H2,1-4H3/t26-,27+,28-,29+,30-/m0/s1. The van der Waals surface area contributed by atoms with Crippen LogP contribution in [-0.4, -0.2) is 8.07 Å². The molecule has 5 atom stereocenters. The molecule has 3 aliphatic carbocycles. The Morgan fingerprint density at radius 1 is 0.968 bits per heavy atom. The maximum absolute atomic E-state index is 2.69. The van der Waals surface area contributed by atoms with Gasteiger partial charge < -0.3 is 0 Å². The van der Waals surface area contributed by atoms with Crippen molar-refractivity contribution < 1.29 is 0 Å². The molecular formula is C30H40Si. The second-order valence-electron chi connectivity index (χ2n) is 11.0. The third-order valence-corrected chi connectivity index (χ3v) is 15.5. The average molecular weight is 429 g/mol. The SMILES string of the molecule is CC[Si](CC)(CC)c1ccc2c(c1)CC[C@@H]1[C@@H]2[C@@H](c2ccccc2)C[C@]2(C)C=CC[C@@H]12. The molecule has 2 aromatic rings. The highest BCUT2D eigenvalue weighted by atomic mass is 28.3. The molecule has 0 heterocycles. The zero-order chi connectivity index (χ0) is 21.6. The molecule has 164 valence electrons. The maximum Gasteiger partial charge on any atom is 0.0859 e. The van der Waals surface area contributed by atoms with E-state index in [2.05, 4.69) is 88.4 Å². The third kappa shape index (κ3) is 3.30. The molecule has 1 fully saturated rings. The van der Waals surface area contributed by atoms with Gasteiger partial charge in [0.25, 0.3) is 0 Å². The fraction of sp³-hybridized carbons (Fsp3) is 0.533. The Kier molecular flexibility index (Phi) is 5.53. The Hall–Kier alpha value is -1.60. The summed E-state index contributed by atoms with van der Waals surface area (Å²) in [6.45, 7) is 9.87. The Morgan fingerprint density at radius 2 is 1.71 bits per heavy atom. The van der Waals surface area contributed by atoms with Crippen molar-refractivity contribution in [2.75, 3.05) is 0 Å². The van der Waals surface area contributed by atoms with Gasteiger partial charge in [0.15, 0.2) is 0 Å². The van der Waals surface area contributed by atoms with Gasteiger partial charge in [-0.05, 0) is 71.5 Å². The Labute approximate surface area is 191 Å². The van der Waals surface area contributed by atoms with E-state index in [0.29, 0.717) is 17.3 Å². The van der Waals surface area contributed by atoms with Gasteiger partial charge >= 0.3 is 0 Å². The van der Waals surface area contributed by atoms with Gasteiger partial charge in [-0.3, -0.25) is 0 Å². The smallest absolute Gasteiger partial charge is 0.0859 e. The largest absolute Gasteiger partial charge is 0.0877 e. The minimum Gasteiger partial charge on any atom is -0.0877 e. The molecule has 0 unspecified atom stereocenters. The molecular weight excluding hydrogens is 388 g/mol. The quantitative estimate of drug-likeness (QED) is 0.336. The highest BCUT2D eigenvalue weighted by Gasteiger charge is 2.52. The number of fused-ring (bicyclic) bond motifs is 5. The van der Waals surface area contributed by atoms with Crippen LogP contribution in [0, 0.1) is 17.3 Å². The highest BCUT2D eigenvalue weighted by molar-refractivity contribution is 6.91. The molecule has 5 rings (SSSR count). The predicted octanol–water partition coefficient (Wildman–Crippen LogP) is 7.82. The van der Waals surface area contributed by atoms with E-state index in [1.54, 1.807) is 21.9 Å². The van der Waals surface area contributed by atoms with Crippen LogP contribution in [0.3, 0.4) is 0 Å². The van der Waals surface area contributed by atoms with Gasteiger partial charge in [0, 0.05) is 0 Å². The predicted molar refractivity (Wildman–Crippen MR) is 137 cm³/mol. The maximum atomic E-state index is 2.69. The van der Waals surface area contributed by atoms with Gasteiger partial charge in [-0.15, -0.1) is 0 Å². The summed E-state index contributed by atoms with van der Waals surface area (Å²) in [4.78, 5) is 0. The van der Waals surface area contributed by atoms with Gasteiger partial charge in [0.1, 0.15) is 0 Å². The Balaban J connectivity index is 1.60. The summed E-state index contributed by atoms with van der Waals surface area (Å²) in [6, 6.07) is 23.5. The summed E-state index contributed by atoms with van der Waals surface area (Å²) < 4.78 is 0. The number of hydrogen-bond donors (Lipinski definition) is 0. The van der Waals surface area contributed by atoms with Crippen molar-refractivity contribution in [3.05, 3.63) is 77.4 Å². The zero-order valence-corrected chi connectivity index (χ0v) is 21.0. The number of aryl methyl sites for hydroxylation is 1. The molecule has 0 bridgehead atoms. The van der Waals surface area contributed by atoms with Crippen LogP contribution < -0.4 is 5.19 Å². The van der Waals surface area contributed by atoms with Crippen LogP contribution >= 0.6 is 0 Å². The first-order chi connectivity index (χ1) is 15.0. The van der Waals surface area contributed by atoms with E-state index in [9.17, 15) is 0 Å². The Morgan fingerprint density at radius 3 is 2.42 bits per heavy atom. The van der Waals surface area contributed by atoms with Gasteiger partial charge in [0.05, 0.1) is 8.07 Å². The van der Waals surface area contributed by atoms with Crippen molar-refractivity contribution in [3.8, 4) is 0 Å². The molecule has 0 N–H and O–H groups in total. The summed E-state index contributed by atoms with van der Waals surface area (Å²) in [5.74, 6) is 2.99. The fourth-order valence-electron chi connectivity index (χ4n) is 7.92. The molecule has 31 heavy (non-hydrogen) atoms. The molecule has 0 saturated heterocycles. The van der Waals surface area contributed by atoms with Gasteiger partial charge in [-0.25, -0.2) is 0 Å². The van der Waals surface area contributed by atoms with Crippen LogP contribution in [0.2, 0.25) is 18.1 Å². The van der Waals surface area contributed by atoms with Crippen LogP contribution in [-0.2, 0) is 6.42 Å². The molecule has 1 heteroatoms. The zero-order valence-electron chi connectivity index (χ0n) is 20.0. The molecule has 0 radical (unpaired) electrons. The van der Waals surface area contributed by atoms with Crippen LogP contribution in [0.15, 0.2) is 60.7 Å². The fourth-order valence-corrected chi connectivity index (χ4v) is 11.6. The number of rotatable bonds is 5. The molecule has 0 nitrogen and oxygen atoms in total. The molecule has 0 amide bonds. The van der Waals surface area contributed by atoms with Crippen molar-refractivity contribution in [2.24, 2.45) is 17.3 Å². The topological polar surface area (TPSA) is 0 Å². The number of allylic oxidation sites excluding steroid dienone is 2. The summed E-state index contributed by atoms with van der Waals surface area (Å²) in [7, 11) is -1.32. The Bertz CT molecular complexity index is 945. The van der Waals surface area contributed by atoms with E-state index < -0.39 is 8.07 Å². The molecule has 0 aromatic heterocycles. The lowest BCUT2D eigenvalue weighted by Gasteiger charge is -2.53. The van der Waals surface area contributed by atoms with Crippen molar-refractivity contribution >= 4 is 13.3 Å². The van der Waals surface area contributed by atoms with Crippen molar-refractivity contribution in [1.82, 2.24) is 0 Å². The third-order valence-electron chi connectivity index (χ3n) is 9.93. The highest BCUT2D eigenvalue weighted by Crippen LogP contribution is 2.63. The lowest BCUT2D eigenvalue weighted by atomic mass is 9.51. The van der Waals surface area contributed by atoms with E-state index >= 15 is 0 Å². The van der Waals surface area contributed by atoms with Gasteiger partial charge in [0.2, 0.25) is 0 Å². The normalized spacial score (nSPS) is 31.7. The van der Waals surface area contributed by atoms with E-state index in [1.165, 1.54) is 43.8 Å². The van der Waals surface area contributed by atoms with Crippen LogP contribution in [0.4, 0.5) is 0 Å². The van der Waals surface area contributed by atoms with E-state index in [1.807, 2.05) is 0 Å². The molecule has 1 saturated carbocycles. The van der Waals surface area contributed by atoms with Gasteiger partial charge in [-0.2, -0.15) is 0 Å². The van der Waals surface area contributed by atoms with E-state index in [0.717, 1.165) is 11.8 Å². The summed E-state index contributed by atoms with van der Waals surface area (Å²) in [6.07, 6.45) is 10.3. The molecule has 2 aromatic carbocycles. The van der Waals surface area contributed by atoms with Crippen LogP contribution in [0.5, 0.6) is 0 Å². The van der Waals surface area contributed by atoms with E-state index in [4.69, 9.17) is 0 Å². The van der Waals surface area contributed by atoms with Crippen molar-refractivity contribution in [1.29, 1.82) is 0 Å². The van der Waals surface area contributed by atoms with Crippen LogP contribution in [0.1, 0.15) is 75.5 Å². The number of hydrogen-bond acceptors (Lipinski definition) is 0. The lowest BCUT2D eigenvalue weighted by Crippen LogP contribution is -2.47. The first-order valence-corrected chi connectivity index (χ1v) is 15.5. The number of benzene rings is 2. The van der Waals surface area contributed by atoms with E-state index in [-0.39, 0.29) is 0 Å². The summed E-state index contributed by atoms with van der Waals surface area (Å²) in [5.41, 5.74) is 5.35. The summed E-state index contributed by atoms with van der Waals surface area (Å²) >= 11 is 0. The van der Waals surface area contributed by atoms with Crippen molar-refractivity contribution in [3.63, 3.8) is 0 Å². The van der Waals surface area contributed by atoms with Crippen LogP contribution in [0.25, 0.3) is 0 Å². The molecule has 0 aliphatic heterocycles. The minimum absolute atomic E-state index is 0.383. The second-order valence-corrected chi connectivity index (χ2v) is 16.2. The van der Waals surface area contributed by atoms with Crippen molar-refractivity contribution in [2.45, 2.75) is 83.3 Å². The lowest BCUT2D eigenvalue weighted by molar-refractivity contribution is 0.0649. The summed E-state index contributed by atoms with van der Waals surface area (Å²) in [5, 5.41) is 1.73. The first-order valence-electron chi connectivity index (χ1n) is 12.9. The first kappa shape index (κ1) is 21.3. The molecule has 3 aliphatic rings. The van der Waals surface area contributed by atoms with Gasteiger partial charge in [-0.1, -0.05) is 112 Å². The molecule has 0 spiro atoms. The second kappa shape index (κ2) is 8.07. The minimum atomic E-state index is -1.32. The monoisotopic (exact) mass is 428 g/mol. The average Bonchev–Trinajstić information content (AvgIpc) is 3.22.